The van der Waals surface area contributed by atoms with E-state index in [-0.39, 0.29) is 6.10 Å². The predicted octanol–water partition coefficient (Wildman–Crippen LogP) is 4.55. The Labute approximate surface area is 113 Å². The van der Waals surface area contributed by atoms with Gasteiger partial charge in [0.05, 0.1) is 0 Å². The Balaban J connectivity index is 2.77. The lowest BCUT2D eigenvalue weighted by molar-refractivity contribution is 0.281. The molecule has 0 radical (unpaired) electrons. The predicted molar refractivity (Wildman–Crippen MR) is 81.9 cm³/mol. The number of hydrogen-bond acceptors (Lipinski definition) is 2. The zero-order valence-corrected chi connectivity index (χ0v) is 13.5. The van der Waals surface area contributed by atoms with Crippen LogP contribution in [0.25, 0.3) is 0 Å². The average Bonchev–Trinajstić information content (AvgIpc) is 2.24. The van der Waals surface area contributed by atoms with E-state index in [1.165, 1.54) is 11.1 Å². The summed E-state index contributed by atoms with van der Waals surface area (Å²) >= 11 is 0. The SMILES string of the molecule is C=C(C)[C@@H]1CC=C(C(O[Si](C)(C)C)C(C)=N)CC1. The van der Waals surface area contributed by atoms with E-state index in [1.807, 2.05) is 6.92 Å². The van der Waals surface area contributed by atoms with E-state index in [4.69, 9.17) is 9.84 Å². The van der Waals surface area contributed by atoms with Crippen LogP contribution < -0.4 is 0 Å². The highest BCUT2D eigenvalue weighted by molar-refractivity contribution is 6.70. The fraction of sp³-hybridized carbons (Fsp3) is 0.667. The van der Waals surface area contributed by atoms with Crippen molar-refractivity contribution in [3.8, 4) is 0 Å². The lowest BCUT2D eigenvalue weighted by Crippen LogP contribution is -2.37. The smallest absolute Gasteiger partial charge is 0.185 e. The average molecular weight is 265 g/mol. The van der Waals surface area contributed by atoms with Crippen molar-refractivity contribution < 1.29 is 4.43 Å². The topological polar surface area (TPSA) is 33.1 Å². The third-order valence-electron chi connectivity index (χ3n) is 3.34. The molecule has 1 aliphatic rings. The zero-order valence-electron chi connectivity index (χ0n) is 12.5. The Bertz CT molecular complexity index is 365. The molecule has 0 fully saturated rings. The van der Waals surface area contributed by atoms with Gasteiger partial charge in [0.15, 0.2) is 8.32 Å². The summed E-state index contributed by atoms with van der Waals surface area (Å²) in [6.45, 7) is 14.6. The van der Waals surface area contributed by atoms with E-state index >= 15 is 0 Å². The molecular formula is C15H27NOSi. The van der Waals surface area contributed by atoms with Gasteiger partial charge in [0.2, 0.25) is 0 Å². The summed E-state index contributed by atoms with van der Waals surface area (Å²) in [6.07, 6.45) is 5.46. The minimum Gasteiger partial charge on any atom is -0.406 e. The van der Waals surface area contributed by atoms with Gasteiger partial charge in [-0.1, -0.05) is 18.2 Å². The Hall–Kier alpha value is -0.673. The summed E-state index contributed by atoms with van der Waals surface area (Å²) in [6, 6.07) is 0. The number of hydrogen-bond donors (Lipinski definition) is 1. The van der Waals surface area contributed by atoms with E-state index in [2.05, 4.69) is 39.2 Å². The first-order valence-electron chi connectivity index (χ1n) is 6.78. The summed E-state index contributed by atoms with van der Waals surface area (Å²) in [7, 11) is -1.61. The number of allylic oxidation sites excluding steroid dienone is 2. The van der Waals surface area contributed by atoms with Crippen LogP contribution in [-0.2, 0) is 4.43 Å². The molecule has 0 aromatic carbocycles. The van der Waals surface area contributed by atoms with Crippen molar-refractivity contribution >= 4 is 14.0 Å². The highest BCUT2D eigenvalue weighted by Crippen LogP contribution is 2.31. The number of nitrogens with one attached hydrogen (secondary N) is 1. The van der Waals surface area contributed by atoms with Crippen LogP contribution in [0.5, 0.6) is 0 Å². The highest BCUT2D eigenvalue weighted by atomic mass is 28.4. The van der Waals surface area contributed by atoms with Gasteiger partial charge in [0.1, 0.15) is 6.10 Å². The van der Waals surface area contributed by atoms with Crippen molar-refractivity contribution in [2.24, 2.45) is 5.92 Å². The molecule has 0 bridgehead atoms. The van der Waals surface area contributed by atoms with Gasteiger partial charge in [-0.05, 0) is 64.2 Å². The Morgan fingerprint density at radius 3 is 2.39 bits per heavy atom. The molecule has 1 aliphatic carbocycles. The summed E-state index contributed by atoms with van der Waals surface area (Å²) in [5.41, 5.74) is 3.22. The molecule has 0 saturated heterocycles. The molecule has 102 valence electrons. The van der Waals surface area contributed by atoms with Crippen molar-refractivity contribution in [1.29, 1.82) is 5.41 Å². The molecule has 18 heavy (non-hydrogen) atoms. The van der Waals surface area contributed by atoms with Crippen LogP contribution in [0.1, 0.15) is 33.1 Å². The third-order valence-corrected chi connectivity index (χ3v) is 4.29. The maximum absolute atomic E-state index is 7.94. The van der Waals surface area contributed by atoms with Crippen molar-refractivity contribution in [2.45, 2.75) is 58.9 Å². The Morgan fingerprint density at radius 2 is 2.06 bits per heavy atom. The van der Waals surface area contributed by atoms with Gasteiger partial charge in [0, 0.05) is 5.71 Å². The van der Waals surface area contributed by atoms with Crippen molar-refractivity contribution in [3.63, 3.8) is 0 Å². The van der Waals surface area contributed by atoms with Gasteiger partial charge in [-0.25, -0.2) is 0 Å². The van der Waals surface area contributed by atoms with Gasteiger partial charge in [0.25, 0.3) is 0 Å². The molecule has 1 rings (SSSR count). The van der Waals surface area contributed by atoms with Gasteiger partial charge >= 0.3 is 0 Å². The van der Waals surface area contributed by atoms with E-state index in [0.717, 1.165) is 19.3 Å². The minimum atomic E-state index is -1.61. The molecule has 0 saturated carbocycles. The molecule has 2 atom stereocenters. The molecule has 0 heterocycles. The zero-order chi connectivity index (χ0) is 13.9. The van der Waals surface area contributed by atoms with Gasteiger partial charge < -0.3 is 9.84 Å². The van der Waals surface area contributed by atoms with E-state index in [9.17, 15) is 0 Å². The van der Waals surface area contributed by atoms with Gasteiger partial charge in [-0.15, -0.1) is 0 Å². The van der Waals surface area contributed by atoms with E-state index in [0.29, 0.717) is 11.6 Å². The molecule has 1 unspecified atom stereocenters. The second kappa shape index (κ2) is 5.98. The highest BCUT2D eigenvalue weighted by Gasteiger charge is 2.27. The van der Waals surface area contributed by atoms with E-state index < -0.39 is 8.32 Å². The van der Waals surface area contributed by atoms with Crippen LogP contribution in [0.2, 0.25) is 19.6 Å². The first kappa shape index (κ1) is 15.4. The lowest BCUT2D eigenvalue weighted by atomic mass is 9.83. The Morgan fingerprint density at radius 1 is 1.44 bits per heavy atom. The van der Waals surface area contributed by atoms with Crippen LogP contribution in [-0.4, -0.2) is 20.1 Å². The van der Waals surface area contributed by atoms with Gasteiger partial charge in [-0.2, -0.15) is 0 Å². The minimum absolute atomic E-state index is 0.0808. The molecule has 1 N–H and O–H groups in total. The summed E-state index contributed by atoms with van der Waals surface area (Å²) in [4.78, 5) is 0. The molecule has 2 nitrogen and oxygen atoms in total. The van der Waals surface area contributed by atoms with Crippen LogP contribution in [0, 0.1) is 11.3 Å². The van der Waals surface area contributed by atoms with Crippen LogP contribution in [0.15, 0.2) is 23.8 Å². The monoisotopic (exact) mass is 265 g/mol. The van der Waals surface area contributed by atoms with E-state index in [1.54, 1.807) is 0 Å². The second-order valence-electron chi connectivity index (χ2n) is 6.39. The standard InChI is InChI=1S/C15H27NOSi/c1-11(2)13-7-9-14(10-8-13)15(12(3)16)17-18(4,5)6/h9,13,15-16H,1,7-8,10H2,2-6H3/t13-,15?/m1/s1. The first-order valence-corrected chi connectivity index (χ1v) is 10.2. The molecule has 0 aliphatic heterocycles. The Kier molecular flexibility index (Phi) is 5.11. The third kappa shape index (κ3) is 4.54. The largest absolute Gasteiger partial charge is 0.406 e. The summed E-state index contributed by atoms with van der Waals surface area (Å²) < 4.78 is 6.16. The fourth-order valence-corrected chi connectivity index (χ4v) is 3.37. The van der Waals surface area contributed by atoms with Crippen molar-refractivity contribution in [3.05, 3.63) is 23.8 Å². The van der Waals surface area contributed by atoms with Crippen LogP contribution >= 0.6 is 0 Å². The molecular weight excluding hydrogens is 238 g/mol. The first-order chi connectivity index (χ1) is 8.20. The second-order valence-corrected chi connectivity index (χ2v) is 10.9. The summed E-state index contributed by atoms with van der Waals surface area (Å²) in [5, 5.41) is 7.94. The molecule has 0 aromatic rings. The number of rotatable bonds is 5. The fourth-order valence-electron chi connectivity index (χ4n) is 2.34. The van der Waals surface area contributed by atoms with Crippen LogP contribution in [0.3, 0.4) is 0 Å². The molecule has 3 heteroatoms. The maximum Gasteiger partial charge on any atom is 0.185 e. The molecule has 0 spiro atoms. The lowest BCUT2D eigenvalue weighted by Gasteiger charge is -2.31. The van der Waals surface area contributed by atoms with Crippen LogP contribution in [0.4, 0.5) is 0 Å². The normalized spacial score (nSPS) is 22.3. The van der Waals surface area contributed by atoms with Crippen molar-refractivity contribution in [2.75, 3.05) is 0 Å². The maximum atomic E-state index is 7.94. The van der Waals surface area contributed by atoms with Crippen molar-refractivity contribution in [1.82, 2.24) is 0 Å². The quantitative estimate of drug-likeness (QED) is 0.441. The summed E-state index contributed by atoms with van der Waals surface area (Å²) in [5.74, 6) is 0.618. The molecule has 0 aromatic heterocycles. The van der Waals surface area contributed by atoms with Gasteiger partial charge in [-0.3, -0.25) is 0 Å². The molecule has 0 amide bonds.